The fourth-order valence-corrected chi connectivity index (χ4v) is 2.26. The van der Waals surface area contributed by atoms with Crippen molar-refractivity contribution in [3.8, 4) is 0 Å². The maximum Gasteiger partial charge on any atom is 0.0652 e. The van der Waals surface area contributed by atoms with E-state index in [9.17, 15) is 5.11 Å². The standard InChI is InChI=1S/C16H23N3O/c1-3-11-19-15(9-10-18-19)12-17-16(2,13-20)14-7-5-4-6-8-14/h4-10,17,20H,3,11-13H2,1-2H3. The van der Waals surface area contributed by atoms with Crippen LogP contribution in [0.15, 0.2) is 42.6 Å². The zero-order valence-corrected chi connectivity index (χ0v) is 12.2. The first kappa shape index (κ1) is 14.8. The fourth-order valence-electron chi connectivity index (χ4n) is 2.26. The lowest BCUT2D eigenvalue weighted by molar-refractivity contribution is 0.172. The Morgan fingerprint density at radius 1 is 1.25 bits per heavy atom. The van der Waals surface area contributed by atoms with Crippen LogP contribution in [0, 0.1) is 0 Å². The minimum atomic E-state index is -0.442. The van der Waals surface area contributed by atoms with Gasteiger partial charge in [0.1, 0.15) is 0 Å². The number of aromatic nitrogens is 2. The van der Waals surface area contributed by atoms with Gasteiger partial charge in [0, 0.05) is 19.3 Å². The van der Waals surface area contributed by atoms with Crippen molar-refractivity contribution in [2.24, 2.45) is 0 Å². The number of hydrogen-bond donors (Lipinski definition) is 2. The number of rotatable bonds is 7. The topological polar surface area (TPSA) is 50.1 Å². The van der Waals surface area contributed by atoms with Crippen molar-refractivity contribution in [3.63, 3.8) is 0 Å². The predicted octanol–water partition coefficient (Wildman–Crippen LogP) is 2.29. The second kappa shape index (κ2) is 6.68. The Bertz CT molecular complexity index is 524. The van der Waals surface area contributed by atoms with Crippen molar-refractivity contribution in [3.05, 3.63) is 53.9 Å². The highest BCUT2D eigenvalue weighted by Gasteiger charge is 2.25. The number of nitrogens with one attached hydrogen (secondary N) is 1. The van der Waals surface area contributed by atoms with E-state index in [-0.39, 0.29) is 6.61 Å². The molecule has 0 saturated carbocycles. The van der Waals surface area contributed by atoms with Gasteiger partial charge in [-0.1, -0.05) is 37.3 Å². The van der Waals surface area contributed by atoms with E-state index in [0.717, 1.165) is 24.2 Å². The third-order valence-electron chi connectivity index (χ3n) is 3.63. The van der Waals surface area contributed by atoms with Gasteiger partial charge >= 0.3 is 0 Å². The van der Waals surface area contributed by atoms with E-state index in [4.69, 9.17) is 0 Å². The zero-order chi connectivity index (χ0) is 14.4. The minimum absolute atomic E-state index is 0.0545. The molecule has 1 heterocycles. The Morgan fingerprint density at radius 2 is 2.00 bits per heavy atom. The van der Waals surface area contributed by atoms with Crippen molar-refractivity contribution in [2.75, 3.05) is 6.61 Å². The predicted molar refractivity (Wildman–Crippen MR) is 80.2 cm³/mol. The summed E-state index contributed by atoms with van der Waals surface area (Å²) in [5, 5.41) is 17.5. The molecule has 20 heavy (non-hydrogen) atoms. The third-order valence-corrected chi connectivity index (χ3v) is 3.63. The molecule has 0 aliphatic heterocycles. The molecular weight excluding hydrogens is 250 g/mol. The summed E-state index contributed by atoms with van der Waals surface area (Å²) >= 11 is 0. The SMILES string of the molecule is CCCn1nccc1CNC(C)(CO)c1ccccc1. The average molecular weight is 273 g/mol. The first-order valence-electron chi connectivity index (χ1n) is 7.11. The molecule has 1 atom stereocenters. The van der Waals surface area contributed by atoms with Crippen LogP contribution in [0.2, 0.25) is 0 Å². The van der Waals surface area contributed by atoms with Gasteiger partial charge in [-0.15, -0.1) is 0 Å². The van der Waals surface area contributed by atoms with Crippen LogP contribution < -0.4 is 5.32 Å². The summed E-state index contributed by atoms with van der Waals surface area (Å²) < 4.78 is 2.01. The van der Waals surface area contributed by atoms with E-state index in [0.29, 0.717) is 6.54 Å². The van der Waals surface area contributed by atoms with Crippen LogP contribution in [0.1, 0.15) is 31.5 Å². The molecule has 0 fully saturated rings. The van der Waals surface area contributed by atoms with E-state index in [2.05, 4.69) is 17.3 Å². The molecule has 2 N–H and O–H groups in total. The lowest BCUT2D eigenvalue weighted by atomic mass is 9.93. The number of benzene rings is 1. The molecule has 1 aromatic heterocycles. The first-order valence-corrected chi connectivity index (χ1v) is 7.11. The van der Waals surface area contributed by atoms with Crippen LogP contribution in [0.25, 0.3) is 0 Å². The highest BCUT2D eigenvalue weighted by Crippen LogP contribution is 2.20. The van der Waals surface area contributed by atoms with Gasteiger partial charge in [0.15, 0.2) is 0 Å². The molecule has 0 aliphatic carbocycles. The summed E-state index contributed by atoms with van der Waals surface area (Å²) in [4.78, 5) is 0. The highest BCUT2D eigenvalue weighted by atomic mass is 16.3. The molecule has 0 bridgehead atoms. The largest absolute Gasteiger partial charge is 0.394 e. The van der Waals surface area contributed by atoms with Gasteiger partial charge in [0.25, 0.3) is 0 Å². The molecule has 0 spiro atoms. The van der Waals surface area contributed by atoms with E-state index >= 15 is 0 Å². The van der Waals surface area contributed by atoms with Gasteiger partial charge in [0.05, 0.1) is 17.8 Å². The molecule has 2 rings (SSSR count). The zero-order valence-electron chi connectivity index (χ0n) is 12.2. The monoisotopic (exact) mass is 273 g/mol. The van der Waals surface area contributed by atoms with Crippen LogP contribution in [-0.4, -0.2) is 21.5 Å². The Labute approximate surface area is 120 Å². The molecule has 0 saturated heterocycles. The molecule has 0 amide bonds. The lowest BCUT2D eigenvalue weighted by Gasteiger charge is -2.29. The fraction of sp³-hybridized carbons (Fsp3) is 0.438. The van der Waals surface area contributed by atoms with Crippen LogP contribution in [-0.2, 0) is 18.6 Å². The van der Waals surface area contributed by atoms with Crippen LogP contribution in [0.5, 0.6) is 0 Å². The summed E-state index contributed by atoms with van der Waals surface area (Å²) in [5.74, 6) is 0. The first-order chi connectivity index (χ1) is 9.69. The Hall–Kier alpha value is -1.65. The number of hydrogen-bond acceptors (Lipinski definition) is 3. The average Bonchev–Trinajstić information content (AvgIpc) is 2.93. The highest BCUT2D eigenvalue weighted by molar-refractivity contribution is 5.24. The molecular formula is C16H23N3O. The van der Waals surface area contributed by atoms with Crippen molar-refractivity contribution >= 4 is 0 Å². The quantitative estimate of drug-likeness (QED) is 0.814. The van der Waals surface area contributed by atoms with Crippen LogP contribution >= 0.6 is 0 Å². The molecule has 0 aliphatic rings. The molecule has 1 aromatic carbocycles. The molecule has 1 unspecified atom stereocenters. The number of nitrogens with zero attached hydrogens (tertiary/aromatic N) is 2. The maximum absolute atomic E-state index is 9.76. The second-order valence-corrected chi connectivity index (χ2v) is 5.26. The third kappa shape index (κ3) is 3.26. The molecule has 0 radical (unpaired) electrons. The van der Waals surface area contributed by atoms with Gasteiger partial charge in [-0.2, -0.15) is 5.10 Å². The maximum atomic E-state index is 9.76. The smallest absolute Gasteiger partial charge is 0.0652 e. The molecule has 4 heteroatoms. The van der Waals surface area contributed by atoms with Crippen LogP contribution in [0.3, 0.4) is 0 Å². The summed E-state index contributed by atoms with van der Waals surface area (Å²) in [7, 11) is 0. The van der Waals surface area contributed by atoms with Gasteiger partial charge < -0.3 is 10.4 Å². The van der Waals surface area contributed by atoms with Gasteiger partial charge in [-0.3, -0.25) is 4.68 Å². The van der Waals surface area contributed by atoms with Crippen molar-refractivity contribution in [2.45, 2.75) is 38.9 Å². The molecule has 2 aromatic rings. The Balaban J connectivity index is 2.09. The van der Waals surface area contributed by atoms with Crippen LogP contribution in [0.4, 0.5) is 0 Å². The van der Waals surface area contributed by atoms with Gasteiger partial charge in [0.2, 0.25) is 0 Å². The summed E-state index contributed by atoms with van der Waals surface area (Å²) in [6.07, 6.45) is 2.89. The normalized spacial score (nSPS) is 14.2. The second-order valence-electron chi connectivity index (χ2n) is 5.26. The number of aliphatic hydroxyl groups excluding tert-OH is 1. The van der Waals surface area contributed by atoms with Crippen molar-refractivity contribution in [1.29, 1.82) is 0 Å². The van der Waals surface area contributed by atoms with Gasteiger partial charge in [-0.05, 0) is 25.0 Å². The molecule has 108 valence electrons. The Kier molecular flexibility index (Phi) is 4.93. The summed E-state index contributed by atoms with van der Waals surface area (Å²) in [6, 6.07) is 12.1. The summed E-state index contributed by atoms with van der Waals surface area (Å²) in [5.41, 5.74) is 1.79. The molecule has 4 nitrogen and oxygen atoms in total. The van der Waals surface area contributed by atoms with E-state index < -0.39 is 5.54 Å². The summed E-state index contributed by atoms with van der Waals surface area (Å²) in [6.45, 7) is 5.82. The van der Waals surface area contributed by atoms with E-state index in [1.165, 1.54) is 0 Å². The minimum Gasteiger partial charge on any atom is -0.394 e. The Morgan fingerprint density at radius 3 is 2.65 bits per heavy atom. The van der Waals surface area contributed by atoms with Gasteiger partial charge in [-0.25, -0.2) is 0 Å². The van der Waals surface area contributed by atoms with E-state index in [1.807, 2.05) is 54.2 Å². The van der Waals surface area contributed by atoms with Crippen molar-refractivity contribution < 1.29 is 5.11 Å². The lowest BCUT2D eigenvalue weighted by Crippen LogP contribution is -2.42. The van der Waals surface area contributed by atoms with E-state index in [1.54, 1.807) is 0 Å². The van der Waals surface area contributed by atoms with Crippen molar-refractivity contribution in [1.82, 2.24) is 15.1 Å². The number of aryl methyl sites for hydroxylation is 1. The number of aliphatic hydroxyl groups is 1.